The van der Waals surface area contributed by atoms with Crippen LogP contribution in [0.4, 0.5) is 0 Å². The molecule has 0 spiro atoms. The van der Waals surface area contributed by atoms with Gasteiger partial charge >= 0.3 is 0 Å². The summed E-state index contributed by atoms with van der Waals surface area (Å²) in [5.74, 6) is 1.76. The average molecular weight is 362 g/mol. The molecule has 0 bridgehead atoms. The monoisotopic (exact) mass is 361 g/mol. The zero-order chi connectivity index (χ0) is 17.5. The summed E-state index contributed by atoms with van der Waals surface area (Å²) in [6, 6.07) is 11.7. The average Bonchev–Trinajstić information content (AvgIpc) is 3.10. The second kappa shape index (κ2) is 6.11. The predicted octanol–water partition coefficient (Wildman–Crippen LogP) is 4.58. The molecule has 26 heavy (non-hydrogen) atoms. The summed E-state index contributed by atoms with van der Waals surface area (Å²) in [6.07, 6.45) is 10.5. The van der Waals surface area contributed by atoms with Crippen molar-refractivity contribution in [3.8, 4) is 17.1 Å². The first-order chi connectivity index (χ1) is 12.8. The number of benzene rings is 1. The summed E-state index contributed by atoms with van der Waals surface area (Å²) >= 11 is 6.08. The molecule has 1 saturated carbocycles. The molecule has 6 heteroatoms. The number of rotatable bonds is 4. The van der Waals surface area contributed by atoms with E-state index in [1.807, 2.05) is 53.5 Å². The summed E-state index contributed by atoms with van der Waals surface area (Å²) < 4.78 is 2.02. The molecule has 2 unspecified atom stereocenters. The van der Waals surface area contributed by atoms with Crippen molar-refractivity contribution in [3.05, 3.63) is 83.9 Å². The second-order valence-electron chi connectivity index (χ2n) is 6.56. The lowest BCUT2D eigenvalue weighted by atomic mass is 10.2. The van der Waals surface area contributed by atoms with Crippen LogP contribution in [0.3, 0.4) is 0 Å². The van der Waals surface area contributed by atoms with E-state index in [-0.39, 0.29) is 0 Å². The van der Waals surface area contributed by atoms with E-state index in [4.69, 9.17) is 11.6 Å². The van der Waals surface area contributed by atoms with Crippen molar-refractivity contribution in [1.82, 2.24) is 24.5 Å². The number of aromatic amines is 1. The molecule has 0 saturated heterocycles. The van der Waals surface area contributed by atoms with Crippen LogP contribution in [0.5, 0.6) is 0 Å². The summed E-state index contributed by atoms with van der Waals surface area (Å²) in [7, 11) is 0. The minimum Gasteiger partial charge on any atom is -0.342 e. The summed E-state index contributed by atoms with van der Waals surface area (Å²) in [5, 5.41) is 0.725. The van der Waals surface area contributed by atoms with Gasteiger partial charge in [-0.15, -0.1) is 0 Å². The van der Waals surface area contributed by atoms with Crippen LogP contribution in [0.25, 0.3) is 17.1 Å². The highest BCUT2D eigenvalue weighted by Crippen LogP contribution is 2.53. The third-order valence-corrected chi connectivity index (χ3v) is 5.06. The Labute approximate surface area is 155 Å². The standard InChI is InChI=1S/C20H16ClN5/c21-14-2-1-3-15(8-14)26-11-19(24-12-26)17-9-16(17)18-10-23-20(25-18)13-4-6-22-7-5-13/h1-8,10-12,16-17H,9H2,(H,23,25). The zero-order valence-electron chi connectivity index (χ0n) is 13.9. The summed E-state index contributed by atoms with van der Waals surface area (Å²) in [5.41, 5.74) is 4.35. The van der Waals surface area contributed by atoms with Gasteiger partial charge in [0, 0.05) is 58.6 Å². The molecule has 0 amide bonds. The van der Waals surface area contributed by atoms with Crippen molar-refractivity contribution < 1.29 is 0 Å². The maximum atomic E-state index is 6.08. The Balaban J connectivity index is 1.34. The van der Waals surface area contributed by atoms with Gasteiger partial charge in [-0.1, -0.05) is 17.7 Å². The maximum absolute atomic E-state index is 6.08. The van der Waals surface area contributed by atoms with E-state index in [9.17, 15) is 0 Å². The van der Waals surface area contributed by atoms with Crippen LogP contribution < -0.4 is 0 Å². The fourth-order valence-electron chi connectivity index (χ4n) is 3.35. The normalized spacial score (nSPS) is 18.8. The Bertz CT molecular complexity index is 1050. The van der Waals surface area contributed by atoms with Gasteiger partial charge in [0.1, 0.15) is 5.82 Å². The van der Waals surface area contributed by atoms with Gasteiger partial charge in [0.25, 0.3) is 0 Å². The predicted molar refractivity (Wildman–Crippen MR) is 100 cm³/mol. The molecule has 1 N–H and O–H groups in total. The number of hydrogen-bond donors (Lipinski definition) is 1. The zero-order valence-corrected chi connectivity index (χ0v) is 14.6. The van der Waals surface area contributed by atoms with Crippen molar-refractivity contribution in [2.24, 2.45) is 0 Å². The van der Waals surface area contributed by atoms with Gasteiger partial charge < -0.3 is 9.55 Å². The van der Waals surface area contributed by atoms with E-state index in [0.29, 0.717) is 11.8 Å². The largest absolute Gasteiger partial charge is 0.342 e. The number of hydrogen-bond acceptors (Lipinski definition) is 3. The Morgan fingerprint density at radius 1 is 1.08 bits per heavy atom. The van der Waals surface area contributed by atoms with Gasteiger partial charge in [-0.2, -0.15) is 0 Å². The van der Waals surface area contributed by atoms with Gasteiger partial charge in [0.2, 0.25) is 0 Å². The molecule has 1 aromatic carbocycles. The lowest BCUT2D eigenvalue weighted by molar-refractivity contribution is 0.953. The fraction of sp³-hybridized carbons (Fsp3) is 0.150. The van der Waals surface area contributed by atoms with Crippen LogP contribution >= 0.6 is 11.6 Å². The Morgan fingerprint density at radius 3 is 2.81 bits per heavy atom. The van der Waals surface area contributed by atoms with E-state index in [2.05, 4.69) is 26.1 Å². The van der Waals surface area contributed by atoms with E-state index < -0.39 is 0 Å². The van der Waals surface area contributed by atoms with Crippen LogP contribution in [0.1, 0.15) is 29.6 Å². The number of aromatic nitrogens is 5. The van der Waals surface area contributed by atoms with Crippen molar-refractivity contribution in [1.29, 1.82) is 0 Å². The lowest BCUT2D eigenvalue weighted by Crippen LogP contribution is -1.89. The molecule has 2 atom stereocenters. The molecular formula is C20H16ClN5. The minimum atomic E-state index is 0.432. The van der Waals surface area contributed by atoms with Crippen molar-refractivity contribution in [2.75, 3.05) is 0 Å². The van der Waals surface area contributed by atoms with Crippen molar-refractivity contribution in [2.45, 2.75) is 18.3 Å². The highest BCUT2D eigenvalue weighted by molar-refractivity contribution is 6.30. The third-order valence-electron chi connectivity index (χ3n) is 4.83. The first-order valence-corrected chi connectivity index (χ1v) is 8.91. The first kappa shape index (κ1) is 15.3. The van der Waals surface area contributed by atoms with Gasteiger partial charge in [0.15, 0.2) is 0 Å². The molecule has 5 nitrogen and oxygen atoms in total. The Kier molecular flexibility index (Phi) is 3.60. The summed E-state index contributed by atoms with van der Waals surface area (Å²) in [6.45, 7) is 0. The molecule has 1 aliphatic carbocycles. The van der Waals surface area contributed by atoms with Crippen LogP contribution in [0, 0.1) is 0 Å². The van der Waals surface area contributed by atoms with E-state index >= 15 is 0 Å². The highest BCUT2D eigenvalue weighted by atomic mass is 35.5. The molecule has 0 radical (unpaired) electrons. The van der Waals surface area contributed by atoms with E-state index in [1.54, 1.807) is 12.4 Å². The van der Waals surface area contributed by atoms with Gasteiger partial charge in [-0.25, -0.2) is 9.97 Å². The molecule has 3 heterocycles. The van der Waals surface area contributed by atoms with E-state index in [0.717, 1.165) is 34.2 Å². The van der Waals surface area contributed by atoms with Crippen LogP contribution in [0.2, 0.25) is 5.02 Å². The number of nitrogens with zero attached hydrogens (tertiary/aromatic N) is 4. The van der Waals surface area contributed by atoms with Gasteiger partial charge in [-0.05, 0) is 36.8 Å². The quantitative estimate of drug-likeness (QED) is 0.578. The smallest absolute Gasteiger partial charge is 0.137 e. The van der Waals surface area contributed by atoms with Crippen LogP contribution in [0.15, 0.2) is 67.5 Å². The number of nitrogens with one attached hydrogen (secondary N) is 1. The van der Waals surface area contributed by atoms with Crippen LogP contribution in [-0.4, -0.2) is 24.5 Å². The van der Waals surface area contributed by atoms with E-state index in [1.165, 1.54) is 5.69 Å². The summed E-state index contributed by atoms with van der Waals surface area (Å²) in [4.78, 5) is 16.6. The minimum absolute atomic E-state index is 0.432. The van der Waals surface area contributed by atoms with Crippen molar-refractivity contribution in [3.63, 3.8) is 0 Å². The molecule has 5 rings (SSSR count). The molecule has 1 fully saturated rings. The SMILES string of the molecule is Clc1cccc(-n2cnc(C3CC3c3cnc(-c4ccncc4)[nH]3)c2)c1. The fourth-order valence-corrected chi connectivity index (χ4v) is 3.54. The number of H-pyrrole nitrogens is 1. The second-order valence-corrected chi connectivity index (χ2v) is 6.99. The first-order valence-electron chi connectivity index (χ1n) is 8.53. The van der Waals surface area contributed by atoms with Gasteiger partial charge in [0.05, 0.1) is 12.0 Å². The third kappa shape index (κ3) is 2.80. The number of pyridine rings is 1. The highest BCUT2D eigenvalue weighted by Gasteiger charge is 2.42. The van der Waals surface area contributed by atoms with Crippen LogP contribution in [-0.2, 0) is 0 Å². The molecule has 128 valence electrons. The molecule has 3 aromatic heterocycles. The Hall–Kier alpha value is -2.92. The number of imidazole rings is 2. The molecular weight excluding hydrogens is 346 g/mol. The molecule has 4 aromatic rings. The van der Waals surface area contributed by atoms with Gasteiger partial charge in [-0.3, -0.25) is 4.98 Å². The Morgan fingerprint density at radius 2 is 1.96 bits per heavy atom. The molecule has 0 aliphatic heterocycles. The van der Waals surface area contributed by atoms with Crippen molar-refractivity contribution >= 4 is 11.6 Å². The lowest BCUT2D eigenvalue weighted by Gasteiger charge is -2.01. The number of halogens is 1. The maximum Gasteiger partial charge on any atom is 0.137 e. The molecule has 1 aliphatic rings. The topological polar surface area (TPSA) is 59.4 Å².